The summed E-state index contributed by atoms with van der Waals surface area (Å²) >= 11 is 12.6. The standard InChI is InChI=1S/C34H34Cl2FN7O4/c1-18(2)29(40-25-15-39-34(42(3)4)41-31(25)48-6)27-28(38)33(46)44(30(27)20-9-12-23(36)24(37)13-20)26-14-21(35)17-43(32(26)45)16-19-7-10-22(47-5)11-8-19/h7-15,17-18,30,38,40H,16H2,1-6H3/b29-27+,38-28?. The number of amides is 1. The summed E-state index contributed by atoms with van der Waals surface area (Å²) in [7, 11) is 6.61. The van der Waals surface area contributed by atoms with Crippen LogP contribution in [0.5, 0.6) is 11.6 Å². The molecule has 0 saturated carbocycles. The molecule has 4 aromatic rings. The number of nitrogens with one attached hydrogen (secondary N) is 2. The summed E-state index contributed by atoms with van der Waals surface area (Å²) in [5, 5.41) is 12.5. The van der Waals surface area contributed by atoms with Crippen LogP contribution in [0, 0.1) is 17.1 Å². The minimum absolute atomic E-state index is 0.0829. The molecule has 2 aromatic heterocycles. The smallest absolute Gasteiger partial charge is 0.277 e. The lowest BCUT2D eigenvalue weighted by atomic mass is 9.92. The molecule has 1 fully saturated rings. The summed E-state index contributed by atoms with van der Waals surface area (Å²) in [5.74, 6) is -0.513. The van der Waals surface area contributed by atoms with Crippen molar-refractivity contribution in [3.63, 3.8) is 0 Å². The van der Waals surface area contributed by atoms with Crippen molar-refractivity contribution < 1.29 is 18.7 Å². The van der Waals surface area contributed by atoms with Gasteiger partial charge in [0.2, 0.25) is 11.8 Å². The molecule has 0 aliphatic carbocycles. The second-order valence-electron chi connectivity index (χ2n) is 11.5. The van der Waals surface area contributed by atoms with Crippen LogP contribution in [0.2, 0.25) is 10.0 Å². The number of rotatable bonds is 10. The molecule has 0 bridgehead atoms. The van der Waals surface area contributed by atoms with Gasteiger partial charge < -0.3 is 24.3 Å². The molecule has 3 heterocycles. The zero-order valence-corrected chi connectivity index (χ0v) is 28.7. The van der Waals surface area contributed by atoms with E-state index in [-0.39, 0.29) is 45.2 Å². The average Bonchev–Trinajstić information content (AvgIpc) is 3.31. The van der Waals surface area contributed by atoms with E-state index in [1.807, 2.05) is 26.0 Å². The van der Waals surface area contributed by atoms with Crippen molar-refractivity contribution in [2.24, 2.45) is 5.92 Å². The Labute approximate surface area is 287 Å². The van der Waals surface area contributed by atoms with Crippen molar-refractivity contribution in [1.82, 2.24) is 14.5 Å². The Balaban J connectivity index is 1.71. The number of ether oxygens (including phenoxy) is 2. The van der Waals surface area contributed by atoms with Crippen LogP contribution in [0.15, 0.2) is 77.0 Å². The number of aromatic nitrogens is 3. The number of nitrogens with zero attached hydrogens (tertiary/aromatic N) is 5. The van der Waals surface area contributed by atoms with Crippen LogP contribution in [0.25, 0.3) is 0 Å². The topological polar surface area (TPSA) is 126 Å². The lowest BCUT2D eigenvalue weighted by Gasteiger charge is -2.28. The first kappa shape index (κ1) is 34.4. The molecule has 0 radical (unpaired) electrons. The number of anilines is 3. The lowest BCUT2D eigenvalue weighted by Crippen LogP contribution is -2.36. The van der Waals surface area contributed by atoms with E-state index in [0.717, 1.165) is 5.56 Å². The Bertz CT molecular complexity index is 1980. The van der Waals surface area contributed by atoms with Gasteiger partial charge in [-0.1, -0.05) is 55.2 Å². The molecule has 2 aromatic carbocycles. The van der Waals surface area contributed by atoms with Crippen LogP contribution >= 0.6 is 23.2 Å². The first-order chi connectivity index (χ1) is 22.8. The fraction of sp³-hybridized carbons (Fsp3) is 0.265. The molecule has 1 atom stereocenters. The van der Waals surface area contributed by atoms with Gasteiger partial charge in [-0.15, -0.1) is 0 Å². The van der Waals surface area contributed by atoms with Crippen LogP contribution in [-0.2, 0) is 11.3 Å². The molecule has 1 aliphatic rings. The monoisotopic (exact) mass is 693 g/mol. The second-order valence-corrected chi connectivity index (χ2v) is 12.4. The van der Waals surface area contributed by atoms with Gasteiger partial charge in [0, 0.05) is 31.6 Å². The highest BCUT2D eigenvalue weighted by Gasteiger charge is 2.46. The predicted molar refractivity (Wildman–Crippen MR) is 186 cm³/mol. The number of pyridine rings is 1. The van der Waals surface area contributed by atoms with Crippen LogP contribution in [0.3, 0.4) is 0 Å². The Hall–Kier alpha value is -4.94. The average molecular weight is 695 g/mol. The van der Waals surface area contributed by atoms with Gasteiger partial charge in [-0.25, -0.2) is 9.37 Å². The third kappa shape index (κ3) is 6.71. The predicted octanol–water partition coefficient (Wildman–Crippen LogP) is 6.35. The van der Waals surface area contributed by atoms with Crippen LogP contribution in [0.1, 0.15) is 31.0 Å². The van der Waals surface area contributed by atoms with Crippen LogP contribution in [0.4, 0.5) is 21.7 Å². The van der Waals surface area contributed by atoms with E-state index in [2.05, 4.69) is 15.3 Å². The van der Waals surface area contributed by atoms with Crippen LogP contribution in [-0.4, -0.2) is 54.5 Å². The summed E-state index contributed by atoms with van der Waals surface area (Å²) in [5.41, 5.74) is 1.10. The number of methoxy groups -OCH3 is 2. The van der Waals surface area contributed by atoms with E-state index >= 15 is 4.39 Å². The van der Waals surface area contributed by atoms with E-state index < -0.39 is 29.0 Å². The van der Waals surface area contributed by atoms with E-state index in [0.29, 0.717) is 23.1 Å². The quantitative estimate of drug-likeness (QED) is 0.197. The largest absolute Gasteiger partial charge is 0.497 e. The zero-order valence-electron chi connectivity index (χ0n) is 27.1. The molecule has 14 heteroatoms. The van der Waals surface area contributed by atoms with Gasteiger partial charge in [0.1, 0.15) is 28.7 Å². The zero-order chi connectivity index (χ0) is 34.9. The first-order valence-corrected chi connectivity index (χ1v) is 15.6. The molecular weight excluding hydrogens is 660 g/mol. The van der Waals surface area contributed by atoms with E-state index in [1.54, 1.807) is 44.3 Å². The van der Waals surface area contributed by atoms with E-state index in [1.165, 1.54) is 47.2 Å². The van der Waals surface area contributed by atoms with Gasteiger partial charge in [-0.2, -0.15) is 4.98 Å². The number of benzene rings is 2. The summed E-state index contributed by atoms with van der Waals surface area (Å²) in [6.45, 7) is 3.89. The highest BCUT2D eigenvalue weighted by Crippen LogP contribution is 2.43. The molecule has 2 N–H and O–H groups in total. The maximum atomic E-state index is 15.0. The fourth-order valence-electron chi connectivity index (χ4n) is 5.43. The highest BCUT2D eigenvalue weighted by molar-refractivity contribution is 6.52. The third-order valence-corrected chi connectivity index (χ3v) is 8.28. The summed E-state index contributed by atoms with van der Waals surface area (Å²) in [6.07, 6.45) is 3.01. The SMILES string of the molecule is COc1ccc(Cn2cc(Cl)cc(N3C(=O)C(=N)/C(=C(\Nc4cnc(N(C)C)nc4OC)C(C)C)C3c3ccc(Cl)c(F)c3)c2=O)cc1. The van der Waals surface area contributed by atoms with Gasteiger partial charge in [0.15, 0.2) is 0 Å². The Morgan fingerprint density at radius 3 is 2.40 bits per heavy atom. The Morgan fingerprint density at radius 2 is 1.79 bits per heavy atom. The number of carbonyl (C=O) groups is 1. The minimum atomic E-state index is -1.12. The normalized spacial score (nSPS) is 15.6. The number of hydrogen-bond acceptors (Lipinski definition) is 9. The van der Waals surface area contributed by atoms with Gasteiger partial charge in [-0.3, -0.25) is 19.9 Å². The van der Waals surface area contributed by atoms with Crippen molar-refractivity contribution >= 4 is 52.1 Å². The molecule has 1 saturated heterocycles. The van der Waals surface area contributed by atoms with Crippen molar-refractivity contribution in [3.8, 4) is 11.6 Å². The van der Waals surface area contributed by atoms with E-state index in [9.17, 15) is 9.59 Å². The number of carbonyl (C=O) groups excluding carboxylic acids is 1. The first-order valence-electron chi connectivity index (χ1n) is 14.8. The summed E-state index contributed by atoms with van der Waals surface area (Å²) in [6, 6.07) is 11.5. The molecule has 0 spiro atoms. The molecule has 1 aliphatic heterocycles. The summed E-state index contributed by atoms with van der Waals surface area (Å²) in [4.78, 5) is 40.0. The number of halogens is 3. The maximum absolute atomic E-state index is 15.0. The second kappa shape index (κ2) is 14.0. The summed E-state index contributed by atoms with van der Waals surface area (Å²) < 4.78 is 27.2. The molecular formula is C34H34Cl2FN7O4. The molecule has 1 unspecified atom stereocenters. The van der Waals surface area contributed by atoms with Crippen molar-refractivity contribution in [2.45, 2.75) is 26.4 Å². The number of hydrogen-bond donors (Lipinski definition) is 2. The van der Waals surface area contributed by atoms with Crippen molar-refractivity contribution in [3.05, 3.63) is 110 Å². The van der Waals surface area contributed by atoms with Gasteiger partial charge in [0.05, 0.1) is 43.0 Å². The minimum Gasteiger partial charge on any atom is -0.497 e. The van der Waals surface area contributed by atoms with Gasteiger partial charge in [0.25, 0.3) is 11.5 Å². The fourth-order valence-corrected chi connectivity index (χ4v) is 5.77. The lowest BCUT2D eigenvalue weighted by molar-refractivity contribution is -0.112. The number of allylic oxidation sites excluding steroid dienone is 1. The van der Waals surface area contributed by atoms with Crippen molar-refractivity contribution in [1.29, 1.82) is 5.41 Å². The van der Waals surface area contributed by atoms with Gasteiger partial charge in [-0.05, 0) is 47.4 Å². The van der Waals surface area contributed by atoms with Gasteiger partial charge >= 0.3 is 0 Å². The molecule has 11 nitrogen and oxygen atoms in total. The van der Waals surface area contributed by atoms with Crippen molar-refractivity contribution in [2.75, 3.05) is 43.4 Å². The Morgan fingerprint density at radius 1 is 1.08 bits per heavy atom. The molecule has 250 valence electrons. The Kier molecular flexibility index (Phi) is 10.1. The molecule has 1 amide bonds. The van der Waals surface area contributed by atoms with Crippen LogP contribution < -0.4 is 30.1 Å². The molecule has 48 heavy (non-hydrogen) atoms. The maximum Gasteiger partial charge on any atom is 0.277 e. The van der Waals surface area contributed by atoms with E-state index in [4.69, 9.17) is 38.1 Å². The highest BCUT2D eigenvalue weighted by atomic mass is 35.5. The third-order valence-electron chi connectivity index (χ3n) is 7.77. The molecule has 5 rings (SSSR count).